The second kappa shape index (κ2) is 3.30. The molecular formula is C9H7N3O4. The van der Waals surface area contributed by atoms with Gasteiger partial charge in [-0.25, -0.2) is 9.78 Å². The molecule has 0 aliphatic rings. The van der Waals surface area contributed by atoms with Crippen molar-refractivity contribution in [3.63, 3.8) is 0 Å². The lowest BCUT2D eigenvalue weighted by Crippen LogP contribution is -1.97. The van der Waals surface area contributed by atoms with E-state index in [1.165, 1.54) is 16.8 Å². The van der Waals surface area contributed by atoms with Gasteiger partial charge in [0.05, 0.1) is 4.92 Å². The fourth-order valence-electron chi connectivity index (χ4n) is 1.46. The molecule has 1 N–H and O–H groups in total. The number of rotatable bonds is 2. The Bertz CT molecular complexity index is 602. The summed E-state index contributed by atoms with van der Waals surface area (Å²) < 4.78 is 1.33. The molecular weight excluding hydrogens is 214 g/mol. The zero-order valence-electron chi connectivity index (χ0n) is 8.25. The normalized spacial score (nSPS) is 10.6. The van der Waals surface area contributed by atoms with Gasteiger partial charge in [0.1, 0.15) is 0 Å². The fourth-order valence-corrected chi connectivity index (χ4v) is 1.46. The first kappa shape index (κ1) is 10.1. The number of fused-ring (bicyclic) bond motifs is 1. The van der Waals surface area contributed by atoms with Gasteiger partial charge in [-0.15, -0.1) is 0 Å². The van der Waals surface area contributed by atoms with Crippen LogP contribution in [0, 0.1) is 17.0 Å². The number of hydrogen-bond donors (Lipinski definition) is 1. The van der Waals surface area contributed by atoms with Gasteiger partial charge in [0.15, 0.2) is 5.69 Å². The smallest absolute Gasteiger partial charge is 0.356 e. The number of carboxylic acids is 1. The average molecular weight is 221 g/mol. The molecule has 2 aromatic rings. The zero-order chi connectivity index (χ0) is 11.9. The van der Waals surface area contributed by atoms with Crippen molar-refractivity contribution >= 4 is 17.3 Å². The highest BCUT2D eigenvalue weighted by atomic mass is 16.6. The number of imidazole rings is 1. The van der Waals surface area contributed by atoms with Crippen LogP contribution in [0.15, 0.2) is 18.5 Å². The minimum Gasteiger partial charge on any atom is -0.476 e. The molecule has 0 radical (unpaired) electrons. The molecule has 0 atom stereocenters. The predicted molar refractivity (Wildman–Crippen MR) is 53.5 cm³/mol. The SMILES string of the molecule is Cc1ccn2cc(C(=O)O)nc2c1[N+](=O)[O-]. The maximum Gasteiger partial charge on any atom is 0.356 e. The quantitative estimate of drug-likeness (QED) is 0.607. The van der Waals surface area contributed by atoms with E-state index in [9.17, 15) is 14.9 Å². The average Bonchev–Trinajstić information content (AvgIpc) is 2.60. The monoisotopic (exact) mass is 221 g/mol. The van der Waals surface area contributed by atoms with Gasteiger partial charge in [-0.3, -0.25) is 10.1 Å². The summed E-state index contributed by atoms with van der Waals surface area (Å²) in [7, 11) is 0. The van der Waals surface area contributed by atoms with Crippen molar-refractivity contribution in [1.82, 2.24) is 9.38 Å². The summed E-state index contributed by atoms with van der Waals surface area (Å²) in [5, 5.41) is 19.6. The van der Waals surface area contributed by atoms with Crippen molar-refractivity contribution in [2.75, 3.05) is 0 Å². The Morgan fingerprint density at radius 1 is 1.62 bits per heavy atom. The maximum atomic E-state index is 10.8. The molecule has 7 nitrogen and oxygen atoms in total. The van der Waals surface area contributed by atoms with E-state index in [-0.39, 0.29) is 17.0 Å². The van der Waals surface area contributed by atoms with E-state index in [4.69, 9.17) is 5.11 Å². The molecule has 2 heterocycles. The molecule has 2 rings (SSSR count). The highest BCUT2D eigenvalue weighted by molar-refractivity contribution is 5.86. The maximum absolute atomic E-state index is 10.8. The minimum absolute atomic E-state index is 0.0439. The highest BCUT2D eigenvalue weighted by Gasteiger charge is 2.20. The first-order valence-electron chi connectivity index (χ1n) is 4.36. The number of pyridine rings is 1. The van der Waals surface area contributed by atoms with Gasteiger partial charge < -0.3 is 9.51 Å². The summed E-state index contributed by atoms with van der Waals surface area (Å²) in [6, 6.07) is 1.54. The van der Waals surface area contributed by atoms with Crippen LogP contribution in [-0.2, 0) is 0 Å². The molecule has 0 unspecified atom stereocenters. The van der Waals surface area contributed by atoms with E-state index >= 15 is 0 Å². The lowest BCUT2D eigenvalue weighted by atomic mass is 10.2. The van der Waals surface area contributed by atoms with Crippen molar-refractivity contribution in [3.05, 3.63) is 39.8 Å². The standard InChI is InChI=1S/C9H7N3O4/c1-5-2-3-11-4-6(9(13)14)10-8(11)7(5)12(15)16/h2-4H,1H3,(H,13,14). The van der Waals surface area contributed by atoms with Crippen molar-refractivity contribution in [2.24, 2.45) is 0 Å². The summed E-state index contributed by atoms with van der Waals surface area (Å²) >= 11 is 0. The largest absolute Gasteiger partial charge is 0.476 e. The number of carboxylic acid groups (broad SMARTS) is 1. The molecule has 0 saturated carbocycles. The molecule has 82 valence electrons. The fraction of sp³-hybridized carbons (Fsp3) is 0.111. The molecule has 0 saturated heterocycles. The van der Waals surface area contributed by atoms with E-state index in [2.05, 4.69) is 4.98 Å². The molecule has 7 heteroatoms. The molecule has 0 aliphatic heterocycles. The molecule has 0 aliphatic carbocycles. The van der Waals surface area contributed by atoms with Crippen LogP contribution >= 0.6 is 0 Å². The lowest BCUT2D eigenvalue weighted by Gasteiger charge is -1.98. The number of nitrogens with zero attached hydrogens (tertiary/aromatic N) is 3. The number of hydrogen-bond acceptors (Lipinski definition) is 4. The Labute approximate surface area is 89.1 Å². The number of aromatic nitrogens is 2. The summed E-state index contributed by atoms with van der Waals surface area (Å²) in [5.41, 5.74) is 0.103. The molecule has 0 spiro atoms. The van der Waals surface area contributed by atoms with Gasteiger partial charge in [-0.05, 0) is 13.0 Å². The Kier molecular flexibility index (Phi) is 2.08. The molecule has 0 aromatic carbocycles. The van der Waals surface area contributed by atoms with Gasteiger partial charge >= 0.3 is 11.7 Å². The van der Waals surface area contributed by atoms with Crippen molar-refractivity contribution in [2.45, 2.75) is 6.92 Å². The third kappa shape index (κ3) is 1.38. The van der Waals surface area contributed by atoms with Crippen LogP contribution in [0.2, 0.25) is 0 Å². The number of aromatic carboxylic acids is 1. The molecule has 2 aromatic heterocycles. The summed E-state index contributed by atoms with van der Waals surface area (Å²) in [4.78, 5) is 24.7. The zero-order valence-corrected chi connectivity index (χ0v) is 8.25. The van der Waals surface area contributed by atoms with E-state index in [0.717, 1.165) is 0 Å². The topological polar surface area (TPSA) is 97.7 Å². The third-order valence-electron chi connectivity index (χ3n) is 2.20. The Balaban J connectivity index is 2.82. The van der Waals surface area contributed by atoms with E-state index < -0.39 is 10.9 Å². The van der Waals surface area contributed by atoms with Gasteiger partial charge in [-0.2, -0.15) is 0 Å². The van der Waals surface area contributed by atoms with Crippen LogP contribution in [0.5, 0.6) is 0 Å². The second-order valence-corrected chi connectivity index (χ2v) is 3.27. The molecule has 0 fully saturated rings. The number of aryl methyl sites for hydroxylation is 1. The van der Waals surface area contributed by atoms with Crippen LogP contribution in [0.1, 0.15) is 16.1 Å². The second-order valence-electron chi connectivity index (χ2n) is 3.27. The molecule has 0 amide bonds. The van der Waals surface area contributed by atoms with Crippen molar-refractivity contribution in [1.29, 1.82) is 0 Å². The number of nitro groups is 1. The highest BCUT2D eigenvalue weighted by Crippen LogP contribution is 2.23. The molecule has 0 bridgehead atoms. The van der Waals surface area contributed by atoms with Crippen LogP contribution in [0.4, 0.5) is 5.69 Å². The van der Waals surface area contributed by atoms with E-state index in [1.807, 2.05) is 0 Å². The Hall–Kier alpha value is -2.44. The van der Waals surface area contributed by atoms with Gasteiger partial charge in [0.25, 0.3) is 0 Å². The number of carbonyl (C=O) groups is 1. The van der Waals surface area contributed by atoms with Crippen LogP contribution < -0.4 is 0 Å². The van der Waals surface area contributed by atoms with E-state index in [0.29, 0.717) is 5.56 Å². The lowest BCUT2D eigenvalue weighted by molar-refractivity contribution is -0.384. The molecule has 16 heavy (non-hydrogen) atoms. The van der Waals surface area contributed by atoms with Gasteiger partial charge in [0.2, 0.25) is 5.65 Å². The van der Waals surface area contributed by atoms with E-state index in [1.54, 1.807) is 13.0 Å². The first-order valence-corrected chi connectivity index (χ1v) is 4.36. The Morgan fingerprint density at radius 2 is 2.31 bits per heavy atom. The summed E-state index contributed by atoms with van der Waals surface area (Å²) in [6.45, 7) is 1.58. The van der Waals surface area contributed by atoms with Gasteiger partial charge in [-0.1, -0.05) is 0 Å². The first-order chi connectivity index (χ1) is 7.50. The predicted octanol–water partition coefficient (Wildman–Crippen LogP) is 1.25. The van der Waals surface area contributed by atoms with Crippen LogP contribution in [0.25, 0.3) is 5.65 Å². The van der Waals surface area contributed by atoms with Crippen molar-refractivity contribution in [3.8, 4) is 0 Å². The Morgan fingerprint density at radius 3 is 2.88 bits per heavy atom. The summed E-state index contributed by atoms with van der Waals surface area (Å²) in [5.74, 6) is -1.21. The minimum atomic E-state index is -1.21. The van der Waals surface area contributed by atoms with Crippen molar-refractivity contribution < 1.29 is 14.8 Å². The van der Waals surface area contributed by atoms with Gasteiger partial charge in [0, 0.05) is 18.0 Å². The summed E-state index contributed by atoms with van der Waals surface area (Å²) in [6.07, 6.45) is 2.78. The third-order valence-corrected chi connectivity index (χ3v) is 2.20. The van der Waals surface area contributed by atoms with Crippen LogP contribution in [0.3, 0.4) is 0 Å². The van der Waals surface area contributed by atoms with Crippen LogP contribution in [-0.4, -0.2) is 25.4 Å².